The number of amides is 1. The molecule has 1 amide bonds. The van der Waals surface area contributed by atoms with E-state index in [9.17, 15) is 4.79 Å². The Morgan fingerprint density at radius 1 is 1.32 bits per heavy atom. The number of nitrogens with zero attached hydrogens (tertiary/aromatic N) is 3. The number of allylic oxidation sites excluding steroid dienone is 1. The fourth-order valence-electron chi connectivity index (χ4n) is 5.26. The molecule has 2 fully saturated rings. The number of carbonyl (C=O) groups excluding carboxylic acids is 1. The van der Waals surface area contributed by atoms with Gasteiger partial charge in [-0.15, -0.1) is 16.8 Å². The number of fused-ring (bicyclic) bond motifs is 2. The Kier molecular flexibility index (Phi) is 6.70. The second-order valence-electron chi connectivity index (χ2n) is 8.80. The maximum absolute atomic E-state index is 12.9. The summed E-state index contributed by atoms with van der Waals surface area (Å²) in [7, 11) is 1.65. The summed E-state index contributed by atoms with van der Waals surface area (Å²) in [5, 5.41) is 12.5. The molecule has 0 aliphatic heterocycles. The van der Waals surface area contributed by atoms with Crippen molar-refractivity contribution in [2.45, 2.75) is 62.5 Å². The zero-order valence-electron chi connectivity index (χ0n) is 18.6. The van der Waals surface area contributed by atoms with Gasteiger partial charge in [-0.1, -0.05) is 36.4 Å². The van der Waals surface area contributed by atoms with Crippen LogP contribution in [0.2, 0.25) is 0 Å². The zero-order valence-corrected chi connectivity index (χ0v) is 19.4. The summed E-state index contributed by atoms with van der Waals surface area (Å²) < 4.78 is 7.48. The molecule has 5 atom stereocenters. The molecule has 4 rings (SSSR count). The van der Waals surface area contributed by atoms with E-state index >= 15 is 0 Å². The lowest BCUT2D eigenvalue weighted by Gasteiger charge is -2.29. The van der Waals surface area contributed by atoms with E-state index < -0.39 is 0 Å². The van der Waals surface area contributed by atoms with Crippen LogP contribution in [0.3, 0.4) is 0 Å². The molecule has 1 heterocycles. The third kappa shape index (κ3) is 4.52. The monoisotopic (exact) mass is 440 g/mol. The number of methoxy groups -OCH3 is 1. The summed E-state index contributed by atoms with van der Waals surface area (Å²) in [5.41, 5.74) is 0.869. The standard InChI is InChI=1S/C24H32N4O2S/c1-5-12-28-22(19-8-6-7-9-21(19)30-4)26-27-24(28)31-16(3)23(29)25-15(2)20-14-17-10-11-18(20)13-17/h5-9,15-18,20H,1,10-14H2,2-4H3,(H,25,29). The van der Waals surface area contributed by atoms with Gasteiger partial charge in [0.15, 0.2) is 11.0 Å². The first kappa shape index (κ1) is 21.9. The van der Waals surface area contributed by atoms with Gasteiger partial charge in [0.05, 0.1) is 17.9 Å². The minimum atomic E-state index is -0.265. The van der Waals surface area contributed by atoms with Crippen LogP contribution in [0.15, 0.2) is 42.1 Å². The van der Waals surface area contributed by atoms with Crippen LogP contribution in [0.4, 0.5) is 0 Å². The molecule has 0 spiro atoms. The molecule has 0 radical (unpaired) electrons. The number of aromatic nitrogens is 3. The zero-order chi connectivity index (χ0) is 22.0. The molecule has 1 aromatic carbocycles. The maximum Gasteiger partial charge on any atom is 0.233 e. The molecule has 2 aromatic rings. The van der Waals surface area contributed by atoms with E-state index in [1.165, 1.54) is 37.4 Å². The second kappa shape index (κ2) is 9.47. The molecule has 1 aromatic heterocycles. The lowest BCUT2D eigenvalue weighted by molar-refractivity contribution is -0.121. The van der Waals surface area contributed by atoms with Crippen molar-refractivity contribution >= 4 is 17.7 Å². The number of thioether (sulfide) groups is 1. The van der Waals surface area contributed by atoms with Crippen molar-refractivity contribution in [1.29, 1.82) is 0 Å². The Morgan fingerprint density at radius 3 is 2.81 bits per heavy atom. The van der Waals surface area contributed by atoms with Gasteiger partial charge in [0, 0.05) is 12.6 Å². The highest BCUT2D eigenvalue weighted by molar-refractivity contribution is 8.00. The van der Waals surface area contributed by atoms with E-state index in [1.807, 2.05) is 41.8 Å². The third-order valence-electron chi connectivity index (χ3n) is 6.83. The third-order valence-corrected chi connectivity index (χ3v) is 7.91. The van der Waals surface area contributed by atoms with E-state index in [0.717, 1.165) is 23.1 Å². The van der Waals surface area contributed by atoms with Crippen LogP contribution < -0.4 is 10.1 Å². The normalized spacial score (nSPS) is 24.0. The number of para-hydroxylation sites is 1. The average molecular weight is 441 g/mol. The fourth-order valence-corrected chi connectivity index (χ4v) is 6.13. The van der Waals surface area contributed by atoms with Gasteiger partial charge < -0.3 is 10.1 Å². The minimum Gasteiger partial charge on any atom is -0.496 e. The molecule has 6 nitrogen and oxygen atoms in total. The number of hydrogen-bond donors (Lipinski definition) is 1. The summed E-state index contributed by atoms with van der Waals surface area (Å²) in [6.07, 6.45) is 7.14. The number of rotatable bonds is 9. The highest BCUT2D eigenvalue weighted by Gasteiger charge is 2.42. The molecule has 7 heteroatoms. The Balaban J connectivity index is 1.46. The quantitative estimate of drug-likeness (QED) is 0.457. The highest BCUT2D eigenvalue weighted by atomic mass is 32.2. The van der Waals surface area contributed by atoms with E-state index in [4.69, 9.17) is 4.74 Å². The number of hydrogen-bond acceptors (Lipinski definition) is 5. The summed E-state index contributed by atoms with van der Waals surface area (Å²) in [4.78, 5) is 12.9. The summed E-state index contributed by atoms with van der Waals surface area (Å²) in [6.45, 7) is 8.53. The molecule has 5 unspecified atom stereocenters. The summed E-state index contributed by atoms with van der Waals surface area (Å²) in [6, 6.07) is 7.97. The van der Waals surface area contributed by atoms with Crippen molar-refractivity contribution in [2.75, 3.05) is 7.11 Å². The van der Waals surface area contributed by atoms with E-state index in [1.54, 1.807) is 7.11 Å². The van der Waals surface area contributed by atoms with Crippen molar-refractivity contribution < 1.29 is 9.53 Å². The molecule has 2 bridgehead atoms. The van der Waals surface area contributed by atoms with Crippen molar-refractivity contribution in [3.63, 3.8) is 0 Å². The molecule has 0 saturated heterocycles. The van der Waals surface area contributed by atoms with E-state index in [2.05, 4.69) is 29.0 Å². The predicted octanol–water partition coefficient (Wildman–Crippen LogP) is 4.56. The van der Waals surface area contributed by atoms with E-state index in [-0.39, 0.29) is 17.2 Å². The van der Waals surface area contributed by atoms with E-state index in [0.29, 0.717) is 23.4 Å². The Bertz CT molecular complexity index is 943. The molecule has 2 saturated carbocycles. The van der Waals surface area contributed by atoms with Crippen LogP contribution in [0.25, 0.3) is 11.4 Å². The van der Waals surface area contributed by atoms with Crippen LogP contribution in [-0.2, 0) is 11.3 Å². The lowest BCUT2D eigenvalue weighted by Crippen LogP contribution is -2.43. The number of benzene rings is 1. The van der Waals surface area contributed by atoms with Gasteiger partial charge >= 0.3 is 0 Å². The van der Waals surface area contributed by atoms with Gasteiger partial charge in [0.1, 0.15) is 5.75 Å². The van der Waals surface area contributed by atoms with Crippen LogP contribution >= 0.6 is 11.8 Å². The largest absolute Gasteiger partial charge is 0.496 e. The molecular weight excluding hydrogens is 408 g/mol. The first-order valence-corrected chi connectivity index (χ1v) is 12.0. The molecule has 31 heavy (non-hydrogen) atoms. The first-order valence-electron chi connectivity index (χ1n) is 11.2. The van der Waals surface area contributed by atoms with Crippen molar-refractivity contribution in [3.8, 4) is 17.1 Å². The second-order valence-corrected chi connectivity index (χ2v) is 10.1. The molecule has 166 valence electrons. The number of ether oxygens (including phenoxy) is 1. The number of nitrogens with one attached hydrogen (secondary N) is 1. The highest BCUT2D eigenvalue weighted by Crippen LogP contribution is 2.49. The Hall–Kier alpha value is -2.28. The smallest absolute Gasteiger partial charge is 0.233 e. The lowest BCUT2D eigenvalue weighted by atomic mass is 9.84. The van der Waals surface area contributed by atoms with Crippen molar-refractivity contribution in [2.24, 2.45) is 17.8 Å². The Labute approximate surface area is 188 Å². The Morgan fingerprint density at radius 2 is 2.13 bits per heavy atom. The first-order chi connectivity index (χ1) is 15.0. The van der Waals surface area contributed by atoms with Crippen molar-refractivity contribution in [3.05, 3.63) is 36.9 Å². The van der Waals surface area contributed by atoms with Crippen LogP contribution in [-0.4, -0.2) is 39.1 Å². The minimum absolute atomic E-state index is 0.0623. The van der Waals surface area contributed by atoms with Gasteiger partial charge in [-0.2, -0.15) is 0 Å². The molecule has 2 aliphatic rings. The van der Waals surface area contributed by atoms with Gasteiger partial charge in [0.25, 0.3) is 0 Å². The van der Waals surface area contributed by atoms with Gasteiger partial charge in [-0.05, 0) is 63.0 Å². The van der Waals surface area contributed by atoms with Crippen LogP contribution in [0.5, 0.6) is 5.75 Å². The number of carbonyl (C=O) groups is 1. The van der Waals surface area contributed by atoms with Crippen LogP contribution in [0, 0.1) is 17.8 Å². The van der Waals surface area contributed by atoms with Crippen molar-refractivity contribution in [1.82, 2.24) is 20.1 Å². The fraction of sp³-hybridized carbons (Fsp3) is 0.542. The molecular formula is C24H32N4O2S. The van der Waals surface area contributed by atoms with Crippen LogP contribution in [0.1, 0.15) is 39.5 Å². The van der Waals surface area contributed by atoms with Gasteiger partial charge in [0.2, 0.25) is 5.91 Å². The summed E-state index contributed by atoms with van der Waals surface area (Å²) in [5.74, 6) is 3.81. The van der Waals surface area contributed by atoms with Gasteiger partial charge in [-0.25, -0.2) is 0 Å². The predicted molar refractivity (Wildman–Crippen MR) is 124 cm³/mol. The molecule has 2 aliphatic carbocycles. The molecule has 1 N–H and O–H groups in total. The maximum atomic E-state index is 12.9. The SMILES string of the molecule is C=CCn1c(SC(C)C(=O)NC(C)C2CC3CCC2C3)nnc1-c1ccccc1OC. The topological polar surface area (TPSA) is 69.0 Å². The average Bonchev–Trinajstić information content (AvgIpc) is 3.50. The van der Waals surface area contributed by atoms with Gasteiger partial charge in [-0.3, -0.25) is 9.36 Å². The summed E-state index contributed by atoms with van der Waals surface area (Å²) >= 11 is 1.44.